The van der Waals surface area contributed by atoms with Crippen LogP contribution in [0.1, 0.15) is 32.6 Å². The molecule has 3 rings (SSSR count). The molecule has 2 fully saturated rings. The van der Waals surface area contributed by atoms with Crippen molar-refractivity contribution in [3.63, 3.8) is 0 Å². The first-order valence-electron chi connectivity index (χ1n) is 8.60. The number of rotatable bonds is 5. The van der Waals surface area contributed by atoms with Crippen molar-refractivity contribution in [1.29, 1.82) is 0 Å². The molecule has 0 radical (unpaired) electrons. The van der Waals surface area contributed by atoms with Gasteiger partial charge < -0.3 is 20.1 Å². The molecule has 0 aromatic heterocycles. The zero-order chi connectivity index (χ0) is 18.9. The molecule has 140 valence electrons. The summed E-state index contributed by atoms with van der Waals surface area (Å²) < 4.78 is 10.4. The minimum atomic E-state index is -0.921. The average Bonchev–Trinajstić information content (AvgIpc) is 3.19. The van der Waals surface area contributed by atoms with Crippen LogP contribution in [0.25, 0.3) is 0 Å². The van der Waals surface area contributed by atoms with E-state index in [2.05, 4.69) is 10.6 Å². The van der Waals surface area contributed by atoms with Gasteiger partial charge in [-0.2, -0.15) is 0 Å². The number of methoxy groups -OCH3 is 2. The van der Waals surface area contributed by atoms with E-state index in [0.717, 1.165) is 17.7 Å². The number of anilines is 1. The molecule has 1 aliphatic heterocycles. The molecule has 1 unspecified atom stereocenters. The van der Waals surface area contributed by atoms with E-state index < -0.39 is 23.5 Å². The Hall–Kier alpha value is -2.77. The summed E-state index contributed by atoms with van der Waals surface area (Å²) in [5, 5.41) is 5.50. The van der Waals surface area contributed by atoms with Crippen molar-refractivity contribution in [3.05, 3.63) is 18.2 Å². The number of benzene rings is 1. The van der Waals surface area contributed by atoms with Crippen LogP contribution >= 0.6 is 0 Å². The number of imide groups is 1. The Bertz CT molecular complexity index is 742. The van der Waals surface area contributed by atoms with E-state index in [-0.39, 0.29) is 5.91 Å². The quantitative estimate of drug-likeness (QED) is 0.781. The SMILES string of the molecule is COc1ccc(NC(=O)C(C)N2C(=O)NC3(CCCC3)C2=O)cc1OC. The summed E-state index contributed by atoms with van der Waals surface area (Å²) in [7, 11) is 3.02. The van der Waals surface area contributed by atoms with E-state index in [4.69, 9.17) is 9.47 Å². The summed E-state index contributed by atoms with van der Waals surface area (Å²) in [4.78, 5) is 38.7. The second-order valence-corrected chi connectivity index (χ2v) is 6.63. The van der Waals surface area contributed by atoms with Crippen LogP contribution in [0.4, 0.5) is 10.5 Å². The molecule has 1 aliphatic carbocycles. The van der Waals surface area contributed by atoms with Crippen molar-refractivity contribution < 1.29 is 23.9 Å². The Labute approximate surface area is 151 Å². The van der Waals surface area contributed by atoms with Gasteiger partial charge in [-0.15, -0.1) is 0 Å². The smallest absolute Gasteiger partial charge is 0.325 e. The van der Waals surface area contributed by atoms with Crippen LogP contribution in [-0.4, -0.2) is 48.5 Å². The number of ether oxygens (including phenoxy) is 2. The topological polar surface area (TPSA) is 97.0 Å². The van der Waals surface area contributed by atoms with Gasteiger partial charge in [-0.3, -0.25) is 9.59 Å². The molecule has 1 aromatic carbocycles. The van der Waals surface area contributed by atoms with E-state index in [1.165, 1.54) is 14.2 Å². The van der Waals surface area contributed by atoms with E-state index in [1.54, 1.807) is 25.1 Å². The fraction of sp³-hybridized carbons (Fsp3) is 0.500. The van der Waals surface area contributed by atoms with E-state index in [9.17, 15) is 14.4 Å². The highest BCUT2D eigenvalue weighted by Gasteiger charge is 2.54. The molecule has 1 saturated carbocycles. The lowest BCUT2D eigenvalue weighted by Gasteiger charge is -2.23. The number of amides is 4. The van der Waals surface area contributed by atoms with Gasteiger partial charge in [-0.05, 0) is 31.9 Å². The molecule has 1 atom stereocenters. The van der Waals surface area contributed by atoms with Gasteiger partial charge in [0.1, 0.15) is 11.6 Å². The lowest BCUT2D eigenvalue weighted by atomic mass is 9.97. The Morgan fingerprint density at radius 3 is 2.46 bits per heavy atom. The van der Waals surface area contributed by atoms with E-state index in [0.29, 0.717) is 30.0 Å². The molecule has 0 bridgehead atoms. The first kappa shape index (κ1) is 18.0. The molecule has 1 saturated heterocycles. The number of urea groups is 1. The molecular weight excluding hydrogens is 338 g/mol. The highest BCUT2D eigenvalue weighted by Crippen LogP contribution is 2.36. The van der Waals surface area contributed by atoms with Crippen LogP contribution in [0.3, 0.4) is 0 Å². The third-order valence-electron chi connectivity index (χ3n) is 5.07. The van der Waals surface area contributed by atoms with Crippen molar-refractivity contribution in [2.24, 2.45) is 0 Å². The highest BCUT2D eigenvalue weighted by molar-refractivity contribution is 6.11. The van der Waals surface area contributed by atoms with Gasteiger partial charge in [0.2, 0.25) is 5.91 Å². The third-order valence-corrected chi connectivity index (χ3v) is 5.07. The van der Waals surface area contributed by atoms with Gasteiger partial charge in [0.15, 0.2) is 11.5 Å². The van der Waals surface area contributed by atoms with Crippen LogP contribution in [-0.2, 0) is 9.59 Å². The van der Waals surface area contributed by atoms with Crippen LogP contribution in [0, 0.1) is 0 Å². The summed E-state index contributed by atoms with van der Waals surface area (Å²) in [6.07, 6.45) is 3.04. The van der Waals surface area contributed by atoms with Crippen LogP contribution in [0.2, 0.25) is 0 Å². The number of carbonyl (C=O) groups is 3. The minimum Gasteiger partial charge on any atom is -0.493 e. The van der Waals surface area contributed by atoms with Crippen LogP contribution in [0.15, 0.2) is 18.2 Å². The van der Waals surface area contributed by atoms with Crippen molar-refractivity contribution in [3.8, 4) is 11.5 Å². The van der Waals surface area contributed by atoms with E-state index in [1.807, 2.05) is 0 Å². The molecule has 1 heterocycles. The lowest BCUT2D eigenvalue weighted by Crippen LogP contribution is -2.48. The molecule has 4 amide bonds. The van der Waals surface area contributed by atoms with Gasteiger partial charge in [0.05, 0.1) is 14.2 Å². The number of hydrogen-bond acceptors (Lipinski definition) is 5. The second-order valence-electron chi connectivity index (χ2n) is 6.63. The zero-order valence-corrected chi connectivity index (χ0v) is 15.1. The summed E-state index contributed by atoms with van der Waals surface area (Å²) in [5.74, 6) is 0.249. The maximum absolute atomic E-state index is 12.7. The van der Waals surface area contributed by atoms with Gasteiger partial charge >= 0.3 is 6.03 Å². The van der Waals surface area contributed by atoms with Crippen molar-refractivity contribution in [2.75, 3.05) is 19.5 Å². The maximum atomic E-state index is 12.7. The molecule has 2 aliphatic rings. The Morgan fingerprint density at radius 2 is 1.85 bits per heavy atom. The van der Waals surface area contributed by atoms with Gasteiger partial charge in [0, 0.05) is 11.8 Å². The molecule has 1 aromatic rings. The standard InChI is InChI=1S/C18H23N3O5/c1-11(21-16(23)18(20-17(21)24)8-4-5-9-18)15(22)19-12-6-7-13(25-2)14(10-12)26-3/h6-7,10-11H,4-5,8-9H2,1-3H3,(H,19,22)(H,20,24). The summed E-state index contributed by atoms with van der Waals surface area (Å²) in [6, 6.07) is 3.52. The molecule has 8 nitrogen and oxygen atoms in total. The Morgan fingerprint density at radius 1 is 1.19 bits per heavy atom. The highest BCUT2D eigenvalue weighted by atomic mass is 16.5. The number of nitrogens with one attached hydrogen (secondary N) is 2. The van der Waals surface area contributed by atoms with Crippen molar-refractivity contribution >= 4 is 23.5 Å². The molecule has 8 heteroatoms. The van der Waals surface area contributed by atoms with Gasteiger partial charge in [-0.25, -0.2) is 9.69 Å². The van der Waals surface area contributed by atoms with Gasteiger partial charge in [-0.1, -0.05) is 12.8 Å². The van der Waals surface area contributed by atoms with Crippen molar-refractivity contribution in [2.45, 2.75) is 44.2 Å². The molecule has 26 heavy (non-hydrogen) atoms. The first-order valence-corrected chi connectivity index (χ1v) is 8.60. The normalized spacial score (nSPS) is 19.4. The third kappa shape index (κ3) is 2.95. The van der Waals surface area contributed by atoms with E-state index >= 15 is 0 Å². The molecule has 2 N–H and O–H groups in total. The number of hydrogen-bond donors (Lipinski definition) is 2. The number of nitrogens with zero attached hydrogens (tertiary/aromatic N) is 1. The lowest BCUT2D eigenvalue weighted by molar-refractivity contribution is -0.136. The monoisotopic (exact) mass is 361 g/mol. The zero-order valence-electron chi connectivity index (χ0n) is 15.1. The maximum Gasteiger partial charge on any atom is 0.325 e. The Kier molecular flexibility index (Phi) is 4.76. The second kappa shape index (κ2) is 6.86. The summed E-state index contributed by atoms with van der Waals surface area (Å²) in [6.45, 7) is 1.54. The predicted octanol–water partition coefficient (Wildman–Crippen LogP) is 1.90. The molecular formula is C18H23N3O5. The predicted molar refractivity (Wildman–Crippen MR) is 94.2 cm³/mol. The van der Waals surface area contributed by atoms with Gasteiger partial charge in [0.25, 0.3) is 5.91 Å². The Balaban J connectivity index is 1.74. The fourth-order valence-corrected chi connectivity index (χ4v) is 3.59. The summed E-state index contributed by atoms with van der Waals surface area (Å²) in [5.41, 5.74) is -0.336. The summed E-state index contributed by atoms with van der Waals surface area (Å²) >= 11 is 0. The van der Waals surface area contributed by atoms with Crippen LogP contribution < -0.4 is 20.1 Å². The molecule has 1 spiro atoms. The van der Waals surface area contributed by atoms with Crippen molar-refractivity contribution in [1.82, 2.24) is 10.2 Å². The fourth-order valence-electron chi connectivity index (χ4n) is 3.59. The largest absolute Gasteiger partial charge is 0.493 e. The van der Waals surface area contributed by atoms with Crippen LogP contribution in [0.5, 0.6) is 11.5 Å². The first-order chi connectivity index (χ1) is 12.4. The minimum absolute atomic E-state index is 0.310. The number of carbonyl (C=O) groups excluding carboxylic acids is 3. The average molecular weight is 361 g/mol.